The summed E-state index contributed by atoms with van der Waals surface area (Å²) >= 11 is 0. The van der Waals surface area contributed by atoms with E-state index in [4.69, 9.17) is 9.15 Å². The van der Waals surface area contributed by atoms with Crippen LogP contribution in [-0.2, 0) is 0 Å². The summed E-state index contributed by atoms with van der Waals surface area (Å²) in [7, 11) is 0. The van der Waals surface area contributed by atoms with E-state index in [1.54, 1.807) is 17.0 Å². The Morgan fingerprint density at radius 2 is 1.83 bits per heavy atom. The molecule has 1 atom stereocenters. The van der Waals surface area contributed by atoms with Crippen molar-refractivity contribution in [1.29, 1.82) is 0 Å². The van der Waals surface area contributed by atoms with E-state index < -0.39 is 6.04 Å². The number of ether oxygens (including phenoxy) is 1. The Bertz CT molecular complexity index is 1500. The van der Waals surface area contributed by atoms with Gasteiger partial charge in [0.1, 0.15) is 17.9 Å². The Balaban J connectivity index is 1.69. The molecule has 0 N–H and O–H groups in total. The molecule has 0 fully saturated rings. The van der Waals surface area contributed by atoms with Crippen LogP contribution >= 0.6 is 0 Å². The molecule has 0 bridgehead atoms. The monoisotopic (exact) mass is 482 g/mol. The molecule has 0 aliphatic carbocycles. The van der Waals surface area contributed by atoms with Crippen LogP contribution in [0, 0.1) is 0 Å². The molecule has 0 radical (unpaired) electrons. The van der Waals surface area contributed by atoms with Gasteiger partial charge < -0.3 is 19.0 Å². The van der Waals surface area contributed by atoms with Crippen molar-refractivity contribution in [2.75, 3.05) is 32.8 Å². The Labute approximate surface area is 210 Å². The van der Waals surface area contributed by atoms with E-state index in [0.717, 1.165) is 29.4 Å². The average Bonchev–Trinajstić information content (AvgIpc) is 3.20. The SMILES string of the molecule is C=CCOc1cccc(C2c3c(oc4c(ccc5ccccc54)c3=O)C(=O)N2CCN(CC)CC)c1. The van der Waals surface area contributed by atoms with Crippen molar-refractivity contribution in [2.24, 2.45) is 0 Å². The maximum absolute atomic E-state index is 14.0. The third-order valence-corrected chi connectivity index (χ3v) is 6.95. The second-order valence-electron chi connectivity index (χ2n) is 8.94. The van der Waals surface area contributed by atoms with Crippen molar-refractivity contribution in [3.8, 4) is 5.75 Å². The molecule has 36 heavy (non-hydrogen) atoms. The summed E-state index contributed by atoms with van der Waals surface area (Å²) in [6, 6.07) is 18.5. The molecule has 1 aliphatic heterocycles. The summed E-state index contributed by atoms with van der Waals surface area (Å²) < 4.78 is 12.1. The topological polar surface area (TPSA) is 63.0 Å². The first-order valence-electron chi connectivity index (χ1n) is 12.4. The van der Waals surface area contributed by atoms with Crippen molar-refractivity contribution in [3.05, 3.63) is 100 Å². The average molecular weight is 483 g/mol. The van der Waals surface area contributed by atoms with Gasteiger partial charge in [0.25, 0.3) is 5.91 Å². The lowest BCUT2D eigenvalue weighted by molar-refractivity contribution is 0.0708. The van der Waals surface area contributed by atoms with Gasteiger partial charge in [0.15, 0.2) is 5.43 Å². The maximum Gasteiger partial charge on any atom is 0.290 e. The minimum Gasteiger partial charge on any atom is -0.490 e. The van der Waals surface area contributed by atoms with Gasteiger partial charge in [0.2, 0.25) is 5.76 Å². The smallest absolute Gasteiger partial charge is 0.290 e. The third-order valence-electron chi connectivity index (χ3n) is 6.95. The fourth-order valence-electron chi connectivity index (χ4n) is 5.04. The highest BCUT2D eigenvalue weighted by atomic mass is 16.5. The van der Waals surface area contributed by atoms with Gasteiger partial charge in [0, 0.05) is 18.5 Å². The number of hydrogen-bond donors (Lipinski definition) is 0. The number of fused-ring (bicyclic) bond motifs is 4. The third kappa shape index (κ3) is 4.07. The maximum atomic E-state index is 14.0. The molecule has 6 heteroatoms. The van der Waals surface area contributed by atoms with Crippen molar-refractivity contribution in [3.63, 3.8) is 0 Å². The van der Waals surface area contributed by atoms with E-state index >= 15 is 0 Å². The van der Waals surface area contributed by atoms with Gasteiger partial charge in [0.05, 0.1) is 17.0 Å². The number of likely N-dealkylation sites (N-methyl/N-ethyl adjacent to an activating group) is 1. The van der Waals surface area contributed by atoms with Crippen LogP contribution in [-0.4, -0.2) is 48.5 Å². The number of nitrogens with zero attached hydrogens (tertiary/aromatic N) is 2. The minimum atomic E-state index is -0.553. The van der Waals surface area contributed by atoms with Gasteiger partial charge in [-0.2, -0.15) is 0 Å². The molecule has 6 nitrogen and oxygen atoms in total. The molecular weight excluding hydrogens is 452 g/mol. The highest BCUT2D eigenvalue weighted by Gasteiger charge is 2.42. The quantitative estimate of drug-likeness (QED) is 0.236. The Morgan fingerprint density at radius 1 is 1.03 bits per heavy atom. The Kier molecular flexibility index (Phi) is 6.61. The van der Waals surface area contributed by atoms with Gasteiger partial charge in [-0.3, -0.25) is 9.59 Å². The number of carbonyl (C=O) groups excluding carboxylic acids is 1. The van der Waals surface area contributed by atoms with Crippen LogP contribution < -0.4 is 10.2 Å². The number of benzene rings is 3. The predicted molar refractivity (Wildman–Crippen MR) is 143 cm³/mol. The molecule has 184 valence electrons. The van der Waals surface area contributed by atoms with E-state index in [9.17, 15) is 9.59 Å². The van der Waals surface area contributed by atoms with Gasteiger partial charge in [-0.1, -0.05) is 69.0 Å². The summed E-state index contributed by atoms with van der Waals surface area (Å²) in [5, 5.41) is 2.26. The molecule has 5 rings (SSSR count). The summed E-state index contributed by atoms with van der Waals surface area (Å²) in [6.07, 6.45) is 1.68. The second kappa shape index (κ2) is 9.99. The van der Waals surface area contributed by atoms with Crippen LogP contribution in [0.2, 0.25) is 0 Å². The predicted octanol–water partition coefficient (Wildman–Crippen LogP) is 5.40. The van der Waals surface area contributed by atoms with Crippen molar-refractivity contribution in [1.82, 2.24) is 9.80 Å². The summed E-state index contributed by atoms with van der Waals surface area (Å²) in [6.45, 7) is 11.2. The van der Waals surface area contributed by atoms with Gasteiger partial charge in [-0.25, -0.2) is 0 Å². The standard InChI is InChI=1S/C30H30N2O4/c1-4-18-35-22-12-9-11-21(19-22)26-25-27(33)24-15-14-20-10-7-8-13-23(20)28(24)36-29(25)30(34)32(26)17-16-31(5-2)6-3/h4,7-15,19,26H,1,5-6,16-18H2,2-3H3. The molecule has 0 spiro atoms. The molecule has 1 aromatic heterocycles. The van der Waals surface area contributed by atoms with E-state index in [1.165, 1.54) is 0 Å². The van der Waals surface area contributed by atoms with Crippen LogP contribution in [0.5, 0.6) is 5.75 Å². The molecule has 4 aromatic rings. The number of amides is 1. The zero-order chi connectivity index (χ0) is 25.2. The minimum absolute atomic E-state index is 0.130. The Morgan fingerprint density at radius 3 is 2.61 bits per heavy atom. The van der Waals surface area contributed by atoms with Crippen LogP contribution in [0.3, 0.4) is 0 Å². The fraction of sp³-hybridized carbons (Fsp3) is 0.267. The van der Waals surface area contributed by atoms with Crippen molar-refractivity contribution in [2.45, 2.75) is 19.9 Å². The van der Waals surface area contributed by atoms with E-state index in [2.05, 4.69) is 25.3 Å². The molecule has 1 unspecified atom stereocenters. The number of rotatable bonds is 9. The van der Waals surface area contributed by atoms with Gasteiger partial charge in [-0.05, 0) is 42.2 Å². The fourth-order valence-corrected chi connectivity index (χ4v) is 5.04. The zero-order valence-corrected chi connectivity index (χ0v) is 20.7. The first-order valence-corrected chi connectivity index (χ1v) is 12.4. The first-order chi connectivity index (χ1) is 17.6. The molecular formula is C30H30N2O4. The summed E-state index contributed by atoms with van der Waals surface area (Å²) in [5.41, 5.74) is 1.49. The second-order valence-corrected chi connectivity index (χ2v) is 8.94. The Hall–Kier alpha value is -3.90. The molecule has 0 saturated heterocycles. The first kappa shape index (κ1) is 23.8. The molecule has 0 saturated carbocycles. The molecule has 1 amide bonds. The lowest BCUT2D eigenvalue weighted by Crippen LogP contribution is -2.37. The summed E-state index contributed by atoms with van der Waals surface area (Å²) in [4.78, 5) is 31.8. The van der Waals surface area contributed by atoms with E-state index in [1.807, 2.05) is 54.6 Å². The molecule has 3 aromatic carbocycles. The lowest BCUT2D eigenvalue weighted by atomic mass is 9.97. The van der Waals surface area contributed by atoms with Crippen LogP contribution in [0.4, 0.5) is 0 Å². The van der Waals surface area contributed by atoms with Crippen LogP contribution in [0.25, 0.3) is 21.7 Å². The summed E-state index contributed by atoms with van der Waals surface area (Å²) in [5.74, 6) is 0.533. The molecule has 1 aliphatic rings. The largest absolute Gasteiger partial charge is 0.490 e. The normalized spacial score (nSPS) is 15.1. The van der Waals surface area contributed by atoms with Gasteiger partial charge >= 0.3 is 0 Å². The zero-order valence-electron chi connectivity index (χ0n) is 20.7. The van der Waals surface area contributed by atoms with Crippen molar-refractivity contribution >= 4 is 27.6 Å². The number of hydrogen-bond acceptors (Lipinski definition) is 5. The van der Waals surface area contributed by atoms with Crippen LogP contribution in [0.1, 0.15) is 41.6 Å². The van der Waals surface area contributed by atoms with Crippen molar-refractivity contribution < 1.29 is 13.9 Å². The van der Waals surface area contributed by atoms with E-state index in [-0.39, 0.29) is 17.1 Å². The van der Waals surface area contributed by atoms with Gasteiger partial charge in [-0.15, -0.1) is 0 Å². The molecule has 2 heterocycles. The number of carbonyl (C=O) groups is 1. The lowest BCUT2D eigenvalue weighted by Gasteiger charge is -2.28. The van der Waals surface area contributed by atoms with Crippen LogP contribution in [0.15, 0.2) is 82.5 Å². The van der Waals surface area contributed by atoms with E-state index in [0.29, 0.717) is 42.0 Å². The highest BCUT2D eigenvalue weighted by molar-refractivity contribution is 6.06. The highest BCUT2D eigenvalue weighted by Crippen LogP contribution is 2.39.